The van der Waals surface area contributed by atoms with Gasteiger partial charge in [0.25, 0.3) is 5.91 Å². The Kier molecular flexibility index (Phi) is 6.08. The van der Waals surface area contributed by atoms with Crippen molar-refractivity contribution in [3.05, 3.63) is 0 Å². The molecule has 4 nitrogen and oxygen atoms in total. The molecular weight excluding hydrogens is 204 g/mol. The van der Waals surface area contributed by atoms with Gasteiger partial charge in [-0.2, -0.15) is 0 Å². The molecule has 0 radical (unpaired) electrons. The van der Waals surface area contributed by atoms with Crippen molar-refractivity contribution >= 4 is 18.3 Å². The summed E-state index contributed by atoms with van der Waals surface area (Å²) in [4.78, 5) is 11.3. The Labute approximate surface area is 90.7 Å². The second kappa shape index (κ2) is 6.22. The monoisotopic (exact) mass is 222 g/mol. The number of nitrogens with two attached hydrogens (primary N) is 1. The molecule has 14 heavy (non-hydrogen) atoms. The van der Waals surface area contributed by atoms with Gasteiger partial charge in [0.15, 0.2) is 0 Å². The third-order valence-electron chi connectivity index (χ3n) is 2.22. The molecular formula is C9H19ClN2O2. The van der Waals surface area contributed by atoms with E-state index in [0.29, 0.717) is 6.42 Å². The molecule has 1 saturated carbocycles. The lowest BCUT2D eigenvalue weighted by Gasteiger charge is -2.17. The van der Waals surface area contributed by atoms with Crippen molar-refractivity contribution in [1.82, 2.24) is 5.32 Å². The molecule has 1 aliphatic carbocycles. The molecule has 2 atom stereocenters. The molecule has 0 saturated heterocycles. The van der Waals surface area contributed by atoms with Crippen LogP contribution in [-0.2, 0) is 4.79 Å². The van der Waals surface area contributed by atoms with Crippen LogP contribution in [0.4, 0.5) is 0 Å². The Bertz CT molecular complexity index is 186. The van der Waals surface area contributed by atoms with E-state index in [9.17, 15) is 9.90 Å². The van der Waals surface area contributed by atoms with Gasteiger partial charge < -0.3 is 16.2 Å². The van der Waals surface area contributed by atoms with Crippen molar-refractivity contribution in [2.45, 2.75) is 50.8 Å². The summed E-state index contributed by atoms with van der Waals surface area (Å²) in [6.07, 6.45) is 2.58. The van der Waals surface area contributed by atoms with Crippen LogP contribution < -0.4 is 11.1 Å². The molecule has 84 valence electrons. The number of aliphatic hydroxyl groups excluding tert-OH is 1. The zero-order valence-electron chi connectivity index (χ0n) is 8.40. The van der Waals surface area contributed by atoms with E-state index in [2.05, 4.69) is 5.32 Å². The summed E-state index contributed by atoms with van der Waals surface area (Å²) in [5.41, 5.74) is 5.61. The molecule has 5 heteroatoms. The molecule has 1 aliphatic rings. The van der Waals surface area contributed by atoms with Crippen molar-refractivity contribution in [2.75, 3.05) is 0 Å². The summed E-state index contributed by atoms with van der Waals surface area (Å²) in [5.74, 6) is -0.316. The number of halogens is 1. The molecule has 0 aromatic heterocycles. The van der Waals surface area contributed by atoms with Gasteiger partial charge in [-0.05, 0) is 19.3 Å². The highest BCUT2D eigenvalue weighted by Crippen LogP contribution is 2.18. The van der Waals surface area contributed by atoms with Crippen molar-refractivity contribution < 1.29 is 9.90 Å². The van der Waals surface area contributed by atoms with E-state index in [-0.39, 0.29) is 24.4 Å². The number of hydrogen-bond acceptors (Lipinski definition) is 3. The maximum atomic E-state index is 11.3. The van der Waals surface area contributed by atoms with Gasteiger partial charge in [0.1, 0.15) is 6.10 Å². The third-order valence-corrected chi connectivity index (χ3v) is 2.22. The largest absolute Gasteiger partial charge is 0.382 e. The lowest BCUT2D eigenvalue weighted by molar-refractivity contribution is -0.130. The second-order valence-corrected chi connectivity index (χ2v) is 3.68. The van der Waals surface area contributed by atoms with Gasteiger partial charge in [-0.3, -0.25) is 4.79 Å². The number of amides is 1. The molecule has 0 heterocycles. The fourth-order valence-corrected chi connectivity index (χ4v) is 1.20. The molecule has 0 spiro atoms. The van der Waals surface area contributed by atoms with Crippen LogP contribution in [-0.4, -0.2) is 29.2 Å². The molecule has 1 rings (SSSR count). The first kappa shape index (κ1) is 13.7. The van der Waals surface area contributed by atoms with Crippen LogP contribution in [0.1, 0.15) is 32.6 Å². The smallest absolute Gasteiger partial charge is 0.250 e. The predicted octanol–water partition coefficient (Wildman–Crippen LogP) is 0.175. The number of carbonyl (C=O) groups is 1. The molecule has 0 aromatic carbocycles. The SMILES string of the molecule is CCCC(N)[C@H](O)C(=O)NC1CC1.Cl. The van der Waals surface area contributed by atoms with E-state index in [1.165, 1.54) is 0 Å². The fourth-order valence-electron chi connectivity index (χ4n) is 1.20. The Morgan fingerprint density at radius 3 is 2.64 bits per heavy atom. The van der Waals surface area contributed by atoms with Gasteiger partial charge in [0, 0.05) is 12.1 Å². The lowest BCUT2D eigenvalue weighted by Crippen LogP contribution is -2.46. The van der Waals surface area contributed by atoms with Crippen LogP contribution in [0.5, 0.6) is 0 Å². The van der Waals surface area contributed by atoms with Gasteiger partial charge in [-0.25, -0.2) is 0 Å². The molecule has 1 fully saturated rings. The zero-order chi connectivity index (χ0) is 9.84. The first-order chi connectivity index (χ1) is 6.15. The third kappa shape index (κ3) is 4.26. The van der Waals surface area contributed by atoms with E-state index >= 15 is 0 Å². The highest BCUT2D eigenvalue weighted by molar-refractivity contribution is 5.85. The summed E-state index contributed by atoms with van der Waals surface area (Å²) in [5, 5.41) is 12.2. The molecule has 0 aliphatic heterocycles. The average molecular weight is 223 g/mol. The quantitative estimate of drug-likeness (QED) is 0.621. The maximum Gasteiger partial charge on any atom is 0.250 e. The van der Waals surface area contributed by atoms with Gasteiger partial charge in [-0.1, -0.05) is 13.3 Å². The minimum absolute atomic E-state index is 0. The van der Waals surface area contributed by atoms with Crippen molar-refractivity contribution in [3.8, 4) is 0 Å². The second-order valence-electron chi connectivity index (χ2n) is 3.68. The minimum Gasteiger partial charge on any atom is -0.382 e. The topological polar surface area (TPSA) is 75.3 Å². The maximum absolute atomic E-state index is 11.3. The fraction of sp³-hybridized carbons (Fsp3) is 0.889. The van der Waals surface area contributed by atoms with E-state index in [1.807, 2.05) is 6.92 Å². The molecule has 0 aromatic rings. The molecule has 1 unspecified atom stereocenters. The average Bonchev–Trinajstić information content (AvgIpc) is 2.87. The van der Waals surface area contributed by atoms with Crippen LogP contribution >= 0.6 is 12.4 Å². The van der Waals surface area contributed by atoms with Crippen molar-refractivity contribution in [3.63, 3.8) is 0 Å². The normalized spacial score (nSPS) is 19.4. The number of aliphatic hydroxyl groups is 1. The van der Waals surface area contributed by atoms with Crippen LogP contribution in [0.15, 0.2) is 0 Å². The summed E-state index contributed by atoms with van der Waals surface area (Å²) in [6, 6.07) is -0.139. The number of rotatable bonds is 5. The highest BCUT2D eigenvalue weighted by atomic mass is 35.5. The van der Waals surface area contributed by atoms with E-state index in [1.54, 1.807) is 0 Å². The van der Waals surface area contributed by atoms with Gasteiger partial charge in [-0.15, -0.1) is 12.4 Å². The Balaban J connectivity index is 0.00000169. The van der Waals surface area contributed by atoms with Crippen molar-refractivity contribution in [1.29, 1.82) is 0 Å². The van der Waals surface area contributed by atoms with Gasteiger partial charge in [0.05, 0.1) is 0 Å². The summed E-state index contributed by atoms with van der Waals surface area (Å²) in [6.45, 7) is 1.98. The standard InChI is InChI=1S/C9H18N2O2.ClH/c1-2-3-7(10)8(12)9(13)11-6-4-5-6;/h6-8,12H,2-5,10H2,1H3,(H,11,13);1H/t7?,8-;/m0./s1. The molecule has 4 N–H and O–H groups in total. The van der Waals surface area contributed by atoms with Crippen molar-refractivity contribution in [2.24, 2.45) is 5.73 Å². The van der Waals surface area contributed by atoms with E-state index in [4.69, 9.17) is 5.73 Å². The molecule has 1 amide bonds. The zero-order valence-corrected chi connectivity index (χ0v) is 9.22. The Morgan fingerprint density at radius 2 is 2.21 bits per heavy atom. The number of hydrogen-bond donors (Lipinski definition) is 3. The first-order valence-electron chi connectivity index (χ1n) is 4.89. The summed E-state index contributed by atoms with van der Waals surface area (Å²) in [7, 11) is 0. The summed E-state index contributed by atoms with van der Waals surface area (Å²) >= 11 is 0. The van der Waals surface area contributed by atoms with Crippen LogP contribution in [0.2, 0.25) is 0 Å². The highest BCUT2D eigenvalue weighted by Gasteiger charge is 2.28. The molecule has 0 bridgehead atoms. The van der Waals surface area contributed by atoms with Crippen LogP contribution in [0.25, 0.3) is 0 Å². The Morgan fingerprint density at radius 1 is 1.64 bits per heavy atom. The first-order valence-corrected chi connectivity index (χ1v) is 4.89. The van der Waals surface area contributed by atoms with Gasteiger partial charge in [0.2, 0.25) is 0 Å². The minimum atomic E-state index is -1.04. The predicted molar refractivity (Wildman–Crippen MR) is 57.3 cm³/mol. The Hall–Kier alpha value is -0.320. The van der Waals surface area contributed by atoms with Crippen LogP contribution in [0.3, 0.4) is 0 Å². The number of nitrogens with one attached hydrogen (secondary N) is 1. The lowest BCUT2D eigenvalue weighted by atomic mass is 10.1. The van der Waals surface area contributed by atoms with Crippen LogP contribution in [0, 0.1) is 0 Å². The number of carbonyl (C=O) groups excluding carboxylic acids is 1. The summed E-state index contributed by atoms with van der Waals surface area (Å²) < 4.78 is 0. The van der Waals surface area contributed by atoms with E-state index < -0.39 is 12.1 Å². The van der Waals surface area contributed by atoms with Gasteiger partial charge >= 0.3 is 0 Å². The van der Waals surface area contributed by atoms with E-state index in [0.717, 1.165) is 19.3 Å².